The molecule has 1 aromatic heterocycles. The SMILES string of the molecule is O=C(O/N=C/c1c(Cl)cccc1Cl)c1cccnc1Cl. The summed E-state index contributed by atoms with van der Waals surface area (Å²) in [6.07, 6.45) is 2.72. The third-order valence-electron chi connectivity index (χ3n) is 2.30. The molecule has 0 aliphatic carbocycles. The van der Waals surface area contributed by atoms with Crippen molar-refractivity contribution in [1.29, 1.82) is 0 Å². The fraction of sp³-hybridized carbons (Fsp3) is 0. The molecule has 102 valence electrons. The number of nitrogens with zero attached hydrogens (tertiary/aromatic N) is 2. The predicted octanol–water partition coefficient (Wildman–Crippen LogP) is 4.23. The number of hydrogen-bond acceptors (Lipinski definition) is 4. The van der Waals surface area contributed by atoms with Crippen molar-refractivity contribution in [3.63, 3.8) is 0 Å². The van der Waals surface area contributed by atoms with Crippen molar-refractivity contribution in [3.05, 3.63) is 62.9 Å². The largest absolute Gasteiger partial charge is 0.368 e. The van der Waals surface area contributed by atoms with E-state index in [0.29, 0.717) is 15.6 Å². The third kappa shape index (κ3) is 3.48. The van der Waals surface area contributed by atoms with Gasteiger partial charge in [0.05, 0.1) is 21.8 Å². The molecule has 0 fully saturated rings. The minimum Gasteiger partial charge on any atom is -0.313 e. The zero-order valence-corrected chi connectivity index (χ0v) is 12.2. The molecular formula is C13H7Cl3N2O2. The Hall–Kier alpha value is -1.62. The van der Waals surface area contributed by atoms with Gasteiger partial charge in [0.1, 0.15) is 5.15 Å². The van der Waals surface area contributed by atoms with Crippen LogP contribution in [0.3, 0.4) is 0 Å². The molecule has 0 aliphatic rings. The lowest BCUT2D eigenvalue weighted by Crippen LogP contribution is -2.03. The molecule has 2 aromatic rings. The number of halogens is 3. The van der Waals surface area contributed by atoms with Gasteiger partial charge in [-0.2, -0.15) is 0 Å². The molecule has 1 aromatic carbocycles. The molecule has 0 radical (unpaired) electrons. The van der Waals surface area contributed by atoms with Crippen molar-refractivity contribution < 1.29 is 9.63 Å². The number of carbonyl (C=O) groups excluding carboxylic acids is 1. The molecule has 0 spiro atoms. The first-order chi connectivity index (χ1) is 9.59. The van der Waals surface area contributed by atoms with Crippen molar-refractivity contribution >= 4 is 47.0 Å². The van der Waals surface area contributed by atoms with Crippen LogP contribution in [-0.4, -0.2) is 17.2 Å². The maximum atomic E-state index is 11.7. The number of rotatable bonds is 3. The van der Waals surface area contributed by atoms with Crippen LogP contribution in [0.4, 0.5) is 0 Å². The molecule has 0 amide bonds. The summed E-state index contributed by atoms with van der Waals surface area (Å²) in [5, 5.41) is 4.40. The van der Waals surface area contributed by atoms with Crippen LogP contribution in [-0.2, 0) is 4.84 Å². The molecule has 0 unspecified atom stereocenters. The van der Waals surface area contributed by atoms with Gasteiger partial charge in [0.25, 0.3) is 0 Å². The molecule has 0 N–H and O–H groups in total. The normalized spacial score (nSPS) is 10.8. The monoisotopic (exact) mass is 328 g/mol. The molecule has 0 aliphatic heterocycles. The standard InChI is InChI=1S/C13H7Cl3N2O2/c14-10-4-1-5-11(15)9(10)7-18-20-13(19)8-3-2-6-17-12(8)16/h1-7H/b18-7+. The quantitative estimate of drug-likeness (QED) is 0.366. The molecule has 1 heterocycles. The fourth-order valence-corrected chi connectivity index (χ4v) is 2.04. The smallest absolute Gasteiger partial charge is 0.313 e. The van der Waals surface area contributed by atoms with Crippen LogP contribution in [0.1, 0.15) is 15.9 Å². The molecule has 0 atom stereocenters. The van der Waals surface area contributed by atoms with E-state index in [2.05, 4.69) is 10.1 Å². The van der Waals surface area contributed by atoms with Gasteiger partial charge in [0, 0.05) is 11.8 Å². The molecular weight excluding hydrogens is 323 g/mol. The lowest BCUT2D eigenvalue weighted by Gasteiger charge is -2.01. The minimum absolute atomic E-state index is 0.0449. The van der Waals surface area contributed by atoms with E-state index in [9.17, 15) is 4.79 Å². The number of carbonyl (C=O) groups is 1. The number of aromatic nitrogens is 1. The van der Waals surface area contributed by atoms with Gasteiger partial charge in [-0.25, -0.2) is 9.78 Å². The van der Waals surface area contributed by atoms with Crippen LogP contribution in [0, 0.1) is 0 Å². The Morgan fingerprint density at radius 1 is 1.15 bits per heavy atom. The Labute approximate surface area is 129 Å². The molecule has 7 heteroatoms. The first-order valence-corrected chi connectivity index (χ1v) is 6.52. The van der Waals surface area contributed by atoms with Crippen LogP contribution in [0.25, 0.3) is 0 Å². The van der Waals surface area contributed by atoms with Crippen LogP contribution in [0.5, 0.6) is 0 Å². The van der Waals surface area contributed by atoms with E-state index < -0.39 is 5.97 Å². The Morgan fingerprint density at radius 2 is 1.85 bits per heavy atom. The van der Waals surface area contributed by atoms with E-state index >= 15 is 0 Å². The van der Waals surface area contributed by atoms with E-state index in [4.69, 9.17) is 39.6 Å². The highest BCUT2D eigenvalue weighted by Gasteiger charge is 2.12. The molecule has 0 saturated heterocycles. The summed E-state index contributed by atoms with van der Waals surface area (Å²) in [4.78, 5) is 20.2. The summed E-state index contributed by atoms with van der Waals surface area (Å²) in [6.45, 7) is 0. The highest BCUT2D eigenvalue weighted by atomic mass is 35.5. The van der Waals surface area contributed by atoms with Crippen molar-refractivity contribution in [3.8, 4) is 0 Å². The first kappa shape index (κ1) is 14.8. The van der Waals surface area contributed by atoms with E-state index in [-0.39, 0.29) is 10.7 Å². The molecule has 4 nitrogen and oxygen atoms in total. The van der Waals surface area contributed by atoms with Gasteiger partial charge in [0.15, 0.2) is 0 Å². The lowest BCUT2D eigenvalue weighted by atomic mass is 10.2. The molecule has 0 bridgehead atoms. The number of hydrogen-bond donors (Lipinski definition) is 0. The lowest BCUT2D eigenvalue weighted by molar-refractivity contribution is 0.0519. The second-order valence-electron chi connectivity index (χ2n) is 3.59. The van der Waals surface area contributed by atoms with Crippen molar-refractivity contribution in [1.82, 2.24) is 4.98 Å². The van der Waals surface area contributed by atoms with E-state index in [0.717, 1.165) is 0 Å². The van der Waals surface area contributed by atoms with Gasteiger partial charge in [-0.15, -0.1) is 0 Å². The van der Waals surface area contributed by atoms with Crippen molar-refractivity contribution in [2.75, 3.05) is 0 Å². The summed E-state index contributed by atoms with van der Waals surface area (Å²) < 4.78 is 0. The van der Waals surface area contributed by atoms with Gasteiger partial charge in [-0.1, -0.05) is 46.0 Å². The van der Waals surface area contributed by atoms with Crippen molar-refractivity contribution in [2.24, 2.45) is 5.16 Å². The second-order valence-corrected chi connectivity index (χ2v) is 4.76. The topological polar surface area (TPSA) is 51.5 Å². The van der Waals surface area contributed by atoms with Crippen LogP contribution < -0.4 is 0 Å². The molecule has 0 saturated carbocycles. The number of benzene rings is 1. The average Bonchev–Trinajstić information content (AvgIpc) is 2.42. The van der Waals surface area contributed by atoms with E-state index in [1.54, 1.807) is 24.3 Å². The second kappa shape index (κ2) is 6.70. The van der Waals surface area contributed by atoms with Crippen LogP contribution in [0.15, 0.2) is 41.7 Å². The van der Waals surface area contributed by atoms with Gasteiger partial charge >= 0.3 is 5.97 Å². The number of oxime groups is 1. The zero-order valence-electron chi connectivity index (χ0n) is 9.89. The third-order valence-corrected chi connectivity index (χ3v) is 3.26. The highest BCUT2D eigenvalue weighted by molar-refractivity contribution is 6.38. The summed E-state index contributed by atoms with van der Waals surface area (Å²) >= 11 is 17.6. The predicted molar refractivity (Wildman–Crippen MR) is 78.7 cm³/mol. The Kier molecular flexibility index (Phi) is 4.95. The van der Waals surface area contributed by atoms with E-state index in [1.165, 1.54) is 18.5 Å². The fourth-order valence-electron chi connectivity index (χ4n) is 1.35. The summed E-state index contributed by atoms with van der Waals surface area (Å²) in [7, 11) is 0. The summed E-state index contributed by atoms with van der Waals surface area (Å²) in [5.41, 5.74) is 0.581. The summed E-state index contributed by atoms with van der Waals surface area (Å²) in [6, 6.07) is 8.04. The summed E-state index contributed by atoms with van der Waals surface area (Å²) in [5.74, 6) is -0.720. The van der Waals surface area contributed by atoms with Crippen LogP contribution >= 0.6 is 34.8 Å². The van der Waals surface area contributed by atoms with Crippen LogP contribution in [0.2, 0.25) is 15.2 Å². The van der Waals surface area contributed by atoms with Gasteiger partial charge in [-0.05, 0) is 24.3 Å². The Morgan fingerprint density at radius 3 is 2.50 bits per heavy atom. The first-order valence-electron chi connectivity index (χ1n) is 5.39. The Bertz CT molecular complexity index is 654. The molecule has 2 rings (SSSR count). The van der Waals surface area contributed by atoms with Gasteiger partial charge in [0.2, 0.25) is 0 Å². The Balaban J connectivity index is 2.11. The molecule has 20 heavy (non-hydrogen) atoms. The maximum absolute atomic E-state index is 11.7. The zero-order chi connectivity index (χ0) is 14.5. The number of pyridine rings is 1. The maximum Gasteiger partial charge on any atom is 0.368 e. The van der Waals surface area contributed by atoms with Gasteiger partial charge < -0.3 is 4.84 Å². The van der Waals surface area contributed by atoms with E-state index in [1.807, 2.05) is 0 Å². The average molecular weight is 330 g/mol. The minimum atomic E-state index is -0.720. The van der Waals surface area contributed by atoms with Crippen molar-refractivity contribution in [2.45, 2.75) is 0 Å². The highest BCUT2D eigenvalue weighted by Crippen LogP contribution is 2.22. The van der Waals surface area contributed by atoms with Gasteiger partial charge in [-0.3, -0.25) is 0 Å².